The molecule has 29 heavy (non-hydrogen) atoms. The molecule has 1 aromatic heterocycles. The van der Waals surface area contributed by atoms with Gasteiger partial charge in [0.2, 0.25) is 0 Å². The molecule has 1 unspecified atom stereocenters. The summed E-state index contributed by atoms with van der Waals surface area (Å²) in [5.74, 6) is 1.01. The normalized spacial score (nSPS) is 21.8. The number of halogens is 1. The van der Waals surface area contributed by atoms with Gasteiger partial charge in [0.15, 0.2) is 5.96 Å². The summed E-state index contributed by atoms with van der Waals surface area (Å²) in [5.41, 5.74) is 1.13. The van der Waals surface area contributed by atoms with E-state index in [2.05, 4.69) is 39.1 Å². The Morgan fingerprint density at radius 3 is 2.69 bits per heavy atom. The molecule has 0 aromatic carbocycles. The van der Waals surface area contributed by atoms with Crippen molar-refractivity contribution >= 4 is 29.9 Å². The van der Waals surface area contributed by atoms with Crippen LogP contribution in [0, 0.1) is 0 Å². The Balaban J connectivity index is 0.00000300. The second-order valence-electron chi connectivity index (χ2n) is 7.84. The quantitative estimate of drug-likeness (QED) is 0.255. The van der Waals surface area contributed by atoms with Crippen LogP contribution >= 0.6 is 24.0 Å². The number of hydrogen-bond donors (Lipinski definition) is 1. The molecular formula is C20H38IN7O. The van der Waals surface area contributed by atoms with Gasteiger partial charge in [0.25, 0.3) is 0 Å². The molecule has 2 aliphatic heterocycles. The predicted molar refractivity (Wildman–Crippen MR) is 128 cm³/mol. The van der Waals surface area contributed by atoms with Gasteiger partial charge in [-0.1, -0.05) is 0 Å². The van der Waals surface area contributed by atoms with Crippen molar-refractivity contribution in [1.29, 1.82) is 0 Å². The van der Waals surface area contributed by atoms with Crippen molar-refractivity contribution in [1.82, 2.24) is 29.8 Å². The number of likely N-dealkylation sites (N-methyl/N-ethyl adjacent to an activating group) is 1. The molecular weight excluding hydrogens is 481 g/mol. The summed E-state index contributed by atoms with van der Waals surface area (Å²) in [6.07, 6.45) is 6.35. The van der Waals surface area contributed by atoms with Gasteiger partial charge < -0.3 is 24.8 Å². The first-order valence-corrected chi connectivity index (χ1v) is 10.7. The average molecular weight is 519 g/mol. The fraction of sp³-hybridized carbons (Fsp3) is 0.800. The summed E-state index contributed by atoms with van der Waals surface area (Å²) in [7, 11) is 4.15. The van der Waals surface area contributed by atoms with E-state index in [-0.39, 0.29) is 30.1 Å². The van der Waals surface area contributed by atoms with Gasteiger partial charge in [-0.15, -0.1) is 24.0 Å². The zero-order chi connectivity index (χ0) is 19.8. The number of guanidine groups is 1. The molecule has 0 aliphatic carbocycles. The van der Waals surface area contributed by atoms with Gasteiger partial charge in [-0.05, 0) is 33.4 Å². The molecule has 1 N–H and O–H groups in total. The average Bonchev–Trinajstić information content (AvgIpc) is 3.15. The van der Waals surface area contributed by atoms with Crippen molar-refractivity contribution in [3.8, 4) is 0 Å². The van der Waals surface area contributed by atoms with Crippen LogP contribution in [0.2, 0.25) is 0 Å². The zero-order valence-electron chi connectivity index (χ0n) is 18.2. The topological polar surface area (TPSA) is 61.2 Å². The number of aryl methyl sites for hydroxylation is 1. The molecule has 0 amide bonds. The zero-order valence-corrected chi connectivity index (χ0v) is 20.5. The van der Waals surface area contributed by atoms with Gasteiger partial charge in [-0.25, -0.2) is 0 Å². The molecule has 166 valence electrons. The van der Waals surface area contributed by atoms with Crippen molar-refractivity contribution in [2.24, 2.45) is 12.0 Å². The van der Waals surface area contributed by atoms with E-state index in [0.29, 0.717) is 6.61 Å². The minimum atomic E-state index is 0. The third-order valence-corrected chi connectivity index (χ3v) is 5.54. The molecule has 2 fully saturated rings. The highest BCUT2D eigenvalue weighted by Gasteiger charge is 2.25. The van der Waals surface area contributed by atoms with E-state index in [0.717, 1.165) is 44.1 Å². The summed E-state index contributed by atoms with van der Waals surface area (Å²) in [5, 5.41) is 7.73. The highest BCUT2D eigenvalue weighted by atomic mass is 127. The lowest BCUT2D eigenvalue weighted by molar-refractivity contribution is -0.00804. The second kappa shape index (κ2) is 12.7. The molecule has 0 saturated carbocycles. The number of aliphatic imine (C=N–C) groups is 1. The lowest BCUT2D eigenvalue weighted by Gasteiger charge is -2.35. The maximum atomic E-state index is 5.97. The van der Waals surface area contributed by atoms with Crippen molar-refractivity contribution in [2.45, 2.75) is 25.9 Å². The second-order valence-corrected chi connectivity index (χ2v) is 7.84. The minimum Gasteiger partial charge on any atom is -0.370 e. The Hall–Kier alpha value is -0.910. The molecule has 3 heterocycles. The summed E-state index contributed by atoms with van der Waals surface area (Å²) in [4.78, 5) is 12.2. The number of unbranched alkanes of at least 4 members (excludes halogenated alkanes) is 1. The monoisotopic (exact) mass is 519 g/mol. The Morgan fingerprint density at radius 1 is 1.21 bits per heavy atom. The Kier molecular flexibility index (Phi) is 10.7. The fourth-order valence-electron chi connectivity index (χ4n) is 3.78. The van der Waals surface area contributed by atoms with Gasteiger partial charge in [-0.2, -0.15) is 5.10 Å². The Labute approximate surface area is 192 Å². The molecule has 0 bridgehead atoms. The van der Waals surface area contributed by atoms with Crippen LogP contribution in [0.1, 0.15) is 31.4 Å². The van der Waals surface area contributed by atoms with E-state index in [1.807, 2.05) is 24.1 Å². The van der Waals surface area contributed by atoms with Crippen LogP contribution in [0.5, 0.6) is 0 Å². The van der Waals surface area contributed by atoms with Crippen LogP contribution in [0.15, 0.2) is 17.4 Å². The summed E-state index contributed by atoms with van der Waals surface area (Å²) < 4.78 is 7.80. The summed E-state index contributed by atoms with van der Waals surface area (Å²) in [6.45, 7) is 12.3. The van der Waals surface area contributed by atoms with Gasteiger partial charge in [0.05, 0.1) is 19.3 Å². The lowest BCUT2D eigenvalue weighted by atomic mass is 10.1. The SMILES string of the molecule is CCNC(=NCCCCN1CCN(C)CC1)N1CCOC(c2cnn(C)c2)C1.I. The number of rotatable bonds is 7. The number of nitrogens with zero attached hydrogens (tertiary/aromatic N) is 6. The molecule has 3 rings (SSSR count). The predicted octanol–water partition coefficient (Wildman–Crippen LogP) is 1.40. The van der Waals surface area contributed by atoms with Crippen molar-refractivity contribution in [3.63, 3.8) is 0 Å². The molecule has 9 heteroatoms. The standard InChI is InChI=1S/C20H37N7O.HI/c1-4-21-20(22-7-5-6-8-26-11-9-24(2)10-12-26)27-13-14-28-19(17-27)18-15-23-25(3)16-18;/h15-16,19H,4-14,17H2,1-3H3,(H,21,22);1H. The molecule has 2 saturated heterocycles. The highest BCUT2D eigenvalue weighted by Crippen LogP contribution is 2.21. The minimum absolute atomic E-state index is 0. The van der Waals surface area contributed by atoms with Crippen LogP contribution in [0.4, 0.5) is 0 Å². The maximum Gasteiger partial charge on any atom is 0.194 e. The molecule has 2 aliphatic rings. The number of ether oxygens (including phenoxy) is 1. The smallest absolute Gasteiger partial charge is 0.194 e. The molecule has 1 aromatic rings. The van der Waals surface area contributed by atoms with Crippen LogP contribution in [-0.4, -0.2) is 103 Å². The number of hydrogen-bond acceptors (Lipinski definition) is 5. The lowest BCUT2D eigenvalue weighted by Crippen LogP contribution is -2.48. The van der Waals surface area contributed by atoms with E-state index < -0.39 is 0 Å². The van der Waals surface area contributed by atoms with Crippen LogP contribution in [0.3, 0.4) is 0 Å². The number of morpholine rings is 1. The number of nitrogens with one attached hydrogen (secondary N) is 1. The van der Waals surface area contributed by atoms with Gasteiger partial charge in [0, 0.05) is 64.6 Å². The Bertz CT molecular complexity index is 616. The largest absolute Gasteiger partial charge is 0.370 e. The first-order chi connectivity index (χ1) is 13.7. The maximum absolute atomic E-state index is 5.97. The van der Waals surface area contributed by atoms with E-state index in [1.165, 1.54) is 39.1 Å². The molecule has 1 atom stereocenters. The molecule has 0 radical (unpaired) electrons. The number of aromatic nitrogens is 2. The van der Waals surface area contributed by atoms with Crippen LogP contribution < -0.4 is 5.32 Å². The first-order valence-electron chi connectivity index (χ1n) is 10.7. The van der Waals surface area contributed by atoms with E-state index >= 15 is 0 Å². The van der Waals surface area contributed by atoms with E-state index in [9.17, 15) is 0 Å². The van der Waals surface area contributed by atoms with Crippen molar-refractivity contribution in [2.75, 3.05) is 72.6 Å². The van der Waals surface area contributed by atoms with Crippen molar-refractivity contribution in [3.05, 3.63) is 18.0 Å². The Morgan fingerprint density at radius 2 is 2.00 bits per heavy atom. The third-order valence-electron chi connectivity index (χ3n) is 5.54. The van der Waals surface area contributed by atoms with Crippen molar-refractivity contribution < 1.29 is 4.74 Å². The van der Waals surface area contributed by atoms with Gasteiger partial charge >= 0.3 is 0 Å². The summed E-state index contributed by atoms with van der Waals surface area (Å²) in [6, 6.07) is 0. The first kappa shape index (κ1) is 24.4. The molecule has 0 spiro atoms. The van der Waals surface area contributed by atoms with Crippen LogP contribution in [0.25, 0.3) is 0 Å². The van der Waals surface area contributed by atoms with E-state index in [4.69, 9.17) is 9.73 Å². The number of piperazine rings is 1. The van der Waals surface area contributed by atoms with Gasteiger partial charge in [0.1, 0.15) is 6.10 Å². The highest BCUT2D eigenvalue weighted by molar-refractivity contribution is 14.0. The third kappa shape index (κ3) is 7.69. The molecule has 8 nitrogen and oxygen atoms in total. The fourth-order valence-corrected chi connectivity index (χ4v) is 3.78. The summed E-state index contributed by atoms with van der Waals surface area (Å²) >= 11 is 0. The van der Waals surface area contributed by atoms with Crippen LogP contribution in [-0.2, 0) is 11.8 Å². The van der Waals surface area contributed by atoms with E-state index in [1.54, 1.807) is 0 Å². The van der Waals surface area contributed by atoms with Gasteiger partial charge in [-0.3, -0.25) is 9.67 Å².